The number of fused-ring (bicyclic) bond motifs is 1. The average Bonchev–Trinajstić information content (AvgIpc) is 2.78. The van der Waals surface area contributed by atoms with Crippen molar-refractivity contribution in [2.75, 3.05) is 19.8 Å². The molecule has 3 N–H and O–H groups in total. The molecular weight excluding hydrogens is 403 g/mol. The van der Waals surface area contributed by atoms with Crippen LogP contribution in [0.1, 0.15) is 35.6 Å². The number of carbonyl (C=O) groups is 2. The number of benzene rings is 2. The first-order valence-electron chi connectivity index (χ1n) is 10.3. The van der Waals surface area contributed by atoms with E-state index >= 15 is 0 Å². The van der Waals surface area contributed by atoms with Gasteiger partial charge in [-0.2, -0.15) is 0 Å². The van der Waals surface area contributed by atoms with Crippen LogP contribution in [0.5, 0.6) is 0 Å². The highest BCUT2D eigenvalue weighted by Crippen LogP contribution is 2.37. The highest BCUT2D eigenvalue weighted by atomic mass is 19.1. The minimum atomic E-state index is -1.24. The second-order valence-corrected chi connectivity index (χ2v) is 8.14. The van der Waals surface area contributed by atoms with Crippen molar-refractivity contribution in [1.82, 2.24) is 10.2 Å². The molecule has 2 aromatic carbocycles. The van der Waals surface area contributed by atoms with Gasteiger partial charge in [0.15, 0.2) is 0 Å². The van der Waals surface area contributed by atoms with Crippen LogP contribution < -0.4 is 5.32 Å². The lowest BCUT2D eigenvalue weighted by molar-refractivity contribution is -0.153. The van der Waals surface area contributed by atoms with Crippen LogP contribution in [0.4, 0.5) is 9.18 Å². The fourth-order valence-corrected chi connectivity index (χ4v) is 4.50. The van der Waals surface area contributed by atoms with Crippen molar-refractivity contribution in [3.63, 3.8) is 0 Å². The fourth-order valence-electron chi connectivity index (χ4n) is 4.50. The Kier molecular flexibility index (Phi) is 5.93. The van der Waals surface area contributed by atoms with Crippen molar-refractivity contribution in [3.8, 4) is 0 Å². The molecule has 0 aliphatic carbocycles. The zero-order valence-corrected chi connectivity index (χ0v) is 17.0. The van der Waals surface area contributed by atoms with Crippen LogP contribution in [0.15, 0.2) is 48.5 Å². The lowest BCUT2D eigenvalue weighted by atomic mass is 9.86. The Morgan fingerprint density at radius 3 is 2.58 bits per heavy atom. The predicted octanol–water partition coefficient (Wildman–Crippen LogP) is 2.48. The molecule has 31 heavy (non-hydrogen) atoms. The van der Waals surface area contributed by atoms with Crippen molar-refractivity contribution in [1.29, 1.82) is 0 Å². The van der Waals surface area contributed by atoms with Gasteiger partial charge in [-0.1, -0.05) is 36.4 Å². The number of aliphatic hydroxyl groups excluding tert-OH is 1. The summed E-state index contributed by atoms with van der Waals surface area (Å²) >= 11 is 0. The van der Waals surface area contributed by atoms with E-state index in [0.29, 0.717) is 13.0 Å². The molecule has 0 radical (unpaired) electrons. The standard InChI is InChI=1S/C23H25FN2O5/c24-17-7-5-16(6-8-17)20-18-4-2-1-3-15(18)10-12-26(20)21(28)19-9-11-23(13-27,14-31-19)25-22(29)30/h1-8,19-20,25,27H,9-14H2,(H,29,30)/t19-,20+,23+/m1/s1. The molecule has 7 nitrogen and oxygen atoms in total. The summed E-state index contributed by atoms with van der Waals surface area (Å²) in [6, 6.07) is 13.7. The van der Waals surface area contributed by atoms with E-state index in [1.54, 1.807) is 17.0 Å². The zero-order valence-electron chi connectivity index (χ0n) is 17.0. The molecule has 2 amide bonds. The first kappa shape index (κ1) is 21.3. The van der Waals surface area contributed by atoms with Crippen LogP contribution in [0.25, 0.3) is 0 Å². The van der Waals surface area contributed by atoms with Gasteiger partial charge in [-0.3, -0.25) is 4.79 Å². The van der Waals surface area contributed by atoms with Crippen molar-refractivity contribution in [2.45, 2.75) is 36.9 Å². The topological polar surface area (TPSA) is 99.1 Å². The number of hydrogen-bond acceptors (Lipinski definition) is 4. The summed E-state index contributed by atoms with van der Waals surface area (Å²) in [5.74, 6) is -0.529. The number of hydrogen-bond donors (Lipinski definition) is 3. The zero-order chi connectivity index (χ0) is 22.0. The number of halogens is 1. The highest BCUT2D eigenvalue weighted by Gasteiger charge is 2.42. The van der Waals surface area contributed by atoms with E-state index in [-0.39, 0.29) is 37.2 Å². The molecule has 0 unspecified atom stereocenters. The number of amides is 2. The Balaban J connectivity index is 1.58. The predicted molar refractivity (Wildman–Crippen MR) is 110 cm³/mol. The first-order chi connectivity index (χ1) is 14.9. The van der Waals surface area contributed by atoms with Crippen molar-refractivity contribution in [3.05, 3.63) is 71.0 Å². The van der Waals surface area contributed by atoms with Crippen LogP contribution in [-0.4, -0.2) is 58.5 Å². The Morgan fingerprint density at radius 1 is 1.19 bits per heavy atom. The molecule has 2 heterocycles. The van der Waals surface area contributed by atoms with E-state index in [9.17, 15) is 19.1 Å². The van der Waals surface area contributed by atoms with E-state index in [2.05, 4.69) is 5.32 Å². The third-order valence-electron chi connectivity index (χ3n) is 6.15. The maximum atomic E-state index is 13.5. The molecule has 164 valence electrons. The second-order valence-electron chi connectivity index (χ2n) is 8.14. The third-order valence-corrected chi connectivity index (χ3v) is 6.15. The van der Waals surface area contributed by atoms with Crippen molar-refractivity contribution < 1.29 is 28.9 Å². The molecule has 0 bridgehead atoms. The largest absolute Gasteiger partial charge is 0.465 e. The number of rotatable bonds is 4. The third kappa shape index (κ3) is 4.26. The highest BCUT2D eigenvalue weighted by molar-refractivity contribution is 5.82. The van der Waals surface area contributed by atoms with Crippen LogP contribution in [-0.2, 0) is 16.0 Å². The molecule has 0 spiro atoms. The van der Waals surface area contributed by atoms with E-state index in [1.165, 1.54) is 12.1 Å². The molecule has 2 aromatic rings. The molecule has 3 atom stereocenters. The number of aliphatic hydroxyl groups is 1. The molecule has 2 aliphatic heterocycles. The molecule has 8 heteroatoms. The van der Waals surface area contributed by atoms with Crippen LogP contribution in [0, 0.1) is 5.82 Å². The normalized spacial score (nSPS) is 25.5. The summed E-state index contributed by atoms with van der Waals surface area (Å²) < 4.78 is 19.3. The maximum absolute atomic E-state index is 13.5. The lowest BCUT2D eigenvalue weighted by Gasteiger charge is -2.42. The maximum Gasteiger partial charge on any atom is 0.405 e. The smallest absolute Gasteiger partial charge is 0.405 e. The summed E-state index contributed by atoms with van der Waals surface area (Å²) in [7, 11) is 0. The first-order valence-corrected chi connectivity index (χ1v) is 10.3. The molecule has 4 rings (SSSR count). The minimum absolute atomic E-state index is 0.0855. The average molecular weight is 428 g/mol. The van der Waals surface area contributed by atoms with Crippen molar-refractivity contribution in [2.24, 2.45) is 0 Å². The number of carbonyl (C=O) groups excluding carboxylic acids is 1. The Hall–Kier alpha value is -2.97. The Labute approximate surface area is 179 Å². The number of ether oxygens (including phenoxy) is 1. The van der Waals surface area contributed by atoms with Gasteiger partial charge in [-0.15, -0.1) is 0 Å². The summed E-state index contributed by atoms with van der Waals surface area (Å²) in [5, 5.41) is 21.0. The van der Waals surface area contributed by atoms with E-state index in [1.807, 2.05) is 24.3 Å². The lowest BCUT2D eigenvalue weighted by Crippen LogP contribution is -2.59. The monoisotopic (exact) mass is 428 g/mol. The van der Waals surface area contributed by atoms with Gasteiger partial charge in [0.25, 0.3) is 5.91 Å². The van der Waals surface area contributed by atoms with Gasteiger partial charge >= 0.3 is 6.09 Å². The minimum Gasteiger partial charge on any atom is -0.465 e. The summed E-state index contributed by atoms with van der Waals surface area (Å²) in [6.07, 6.45) is -0.700. The fraction of sp³-hybridized carbons (Fsp3) is 0.391. The van der Waals surface area contributed by atoms with Gasteiger partial charge < -0.3 is 25.2 Å². The summed E-state index contributed by atoms with van der Waals surface area (Å²) in [4.78, 5) is 26.3. The summed E-state index contributed by atoms with van der Waals surface area (Å²) in [5.41, 5.74) is 1.86. The summed E-state index contributed by atoms with van der Waals surface area (Å²) in [6.45, 7) is 0.00359. The Morgan fingerprint density at radius 2 is 1.94 bits per heavy atom. The van der Waals surface area contributed by atoms with Gasteiger partial charge in [0.05, 0.1) is 24.8 Å². The number of nitrogens with zero attached hydrogens (tertiary/aromatic N) is 1. The molecule has 0 aromatic heterocycles. The molecule has 2 aliphatic rings. The molecular formula is C23H25FN2O5. The number of carboxylic acid groups (broad SMARTS) is 1. The van der Waals surface area contributed by atoms with E-state index in [4.69, 9.17) is 9.84 Å². The van der Waals surface area contributed by atoms with E-state index in [0.717, 1.165) is 16.7 Å². The van der Waals surface area contributed by atoms with Crippen LogP contribution in [0.3, 0.4) is 0 Å². The van der Waals surface area contributed by atoms with Gasteiger partial charge in [0.2, 0.25) is 0 Å². The van der Waals surface area contributed by atoms with Crippen LogP contribution in [0.2, 0.25) is 0 Å². The Bertz CT molecular complexity index is 957. The van der Waals surface area contributed by atoms with Gasteiger partial charge in [0, 0.05) is 6.54 Å². The van der Waals surface area contributed by atoms with E-state index < -0.39 is 24.3 Å². The molecule has 1 fully saturated rings. The van der Waals surface area contributed by atoms with Crippen LogP contribution >= 0.6 is 0 Å². The van der Waals surface area contributed by atoms with Gasteiger partial charge in [-0.25, -0.2) is 9.18 Å². The quantitative estimate of drug-likeness (QED) is 0.695. The number of nitrogens with one attached hydrogen (secondary N) is 1. The SMILES string of the molecule is O=C(O)N[C@]1(CO)CC[C@H](C(=O)N2CCc3ccccc3[C@@H]2c2ccc(F)cc2)OC1. The van der Waals surface area contributed by atoms with Gasteiger partial charge in [-0.05, 0) is 48.1 Å². The molecule has 0 saturated carbocycles. The second kappa shape index (κ2) is 8.64. The molecule has 1 saturated heterocycles. The van der Waals surface area contributed by atoms with Crippen molar-refractivity contribution >= 4 is 12.0 Å². The van der Waals surface area contributed by atoms with Gasteiger partial charge in [0.1, 0.15) is 11.9 Å².